The molecule has 2 aromatic heterocycles. The second kappa shape index (κ2) is 7.36. The maximum absolute atomic E-state index is 11.3. The Morgan fingerprint density at radius 3 is 2.52 bits per heavy atom. The number of furan rings is 1. The molecule has 0 aliphatic heterocycles. The van der Waals surface area contributed by atoms with Gasteiger partial charge in [0.1, 0.15) is 12.4 Å². The van der Waals surface area contributed by atoms with Crippen molar-refractivity contribution in [2.45, 2.75) is 44.8 Å². The summed E-state index contributed by atoms with van der Waals surface area (Å²) in [5, 5.41) is 14.1. The molecule has 4 rings (SSSR count). The van der Waals surface area contributed by atoms with E-state index in [2.05, 4.69) is 0 Å². The smallest absolute Gasteiger partial charge is 0.248 e. The molecule has 1 amide bonds. The van der Waals surface area contributed by atoms with Gasteiger partial charge in [0.25, 0.3) is 0 Å². The lowest BCUT2D eigenvalue weighted by molar-refractivity contribution is 0.100. The minimum atomic E-state index is -0.463. The number of aliphatic hydroxyl groups is 1. The molecule has 0 radical (unpaired) electrons. The van der Waals surface area contributed by atoms with Crippen LogP contribution in [0, 0.1) is 0 Å². The van der Waals surface area contributed by atoms with Crippen LogP contribution < -0.4 is 5.73 Å². The molecule has 7 nitrogen and oxygen atoms in total. The Balaban J connectivity index is 1.75. The monoisotopic (exact) mass is 366 g/mol. The van der Waals surface area contributed by atoms with E-state index in [4.69, 9.17) is 20.2 Å². The van der Waals surface area contributed by atoms with Gasteiger partial charge in [0.05, 0.1) is 6.04 Å². The summed E-state index contributed by atoms with van der Waals surface area (Å²) in [6.45, 7) is -0.154. The summed E-state index contributed by atoms with van der Waals surface area (Å²) < 4.78 is 7.67. The van der Waals surface area contributed by atoms with E-state index in [0.717, 1.165) is 18.4 Å². The highest BCUT2D eigenvalue weighted by Crippen LogP contribution is 2.33. The van der Waals surface area contributed by atoms with Crippen molar-refractivity contribution < 1.29 is 14.3 Å². The fourth-order valence-electron chi connectivity index (χ4n) is 3.56. The third-order valence-electron chi connectivity index (χ3n) is 5.02. The molecule has 0 saturated heterocycles. The second-order valence-electron chi connectivity index (χ2n) is 6.86. The zero-order valence-corrected chi connectivity index (χ0v) is 15.0. The SMILES string of the molecule is NC(=O)c1ccc(-c2nc(-c3ccc(CO)o3)n(C3CCCCC3)n2)cc1. The molecule has 0 spiro atoms. The molecule has 1 saturated carbocycles. The van der Waals surface area contributed by atoms with Crippen LogP contribution in [0.2, 0.25) is 0 Å². The van der Waals surface area contributed by atoms with E-state index in [9.17, 15) is 9.90 Å². The van der Waals surface area contributed by atoms with Crippen molar-refractivity contribution in [3.8, 4) is 23.0 Å². The summed E-state index contributed by atoms with van der Waals surface area (Å²) in [7, 11) is 0. The Morgan fingerprint density at radius 1 is 1.15 bits per heavy atom. The first-order valence-corrected chi connectivity index (χ1v) is 9.22. The number of aromatic nitrogens is 3. The van der Waals surface area contributed by atoms with Gasteiger partial charge in [0.15, 0.2) is 17.4 Å². The Labute approximate surface area is 156 Å². The normalized spacial score (nSPS) is 15.1. The molecule has 1 aromatic carbocycles. The Morgan fingerprint density at radius 2 is 1.89 bits per heavy atom. The fraction of sp³-hybridized carbons (Fsp3) is 0.350. The number of aliphatic hydroxyl groups excluding tert-OH is 1. The summed E-state index contributed by atoms with van der Waals surface area (Å²) in [6.07, 6.45) is 5.71. The predicted octanol–water partition coefficient (Wildman–Crippen LogP) is 3.30. The van der Waals surface area contributed by atoms with Gasteiger partial charge in [0.2, 0.25) is 5.91 Å². The zero-order valence-electron chi connectivity index (χ0n) is 15.0. The van der Waals surface area contributed by atoms with Crippen molar-refractivity contribution in [3.05, 3.63) is 47.7 Å². The van der Waals surface area contributed by atoms with Crippen LogP contribution in [0.15, 0.2) is 40.8 Å². The minimum absolute atomic E-state index is 0.154. The molecule has 140 valence electrons. The van der Waals surface area contributed by atoms with Gasteiger partial charge < -0.3 is 15.3 Å². The van der Waals surface area contributed by atoms with E-state index in [1.165, 1.54) is 19.3 Å². The first-order valence-electron chi connectivity index (χ1n) is 9.22. The third-order valence-corrected chi connectivity index (χ3v) is 5.02. The van der Waals surface area contributed by atoms with Crippen LogP contribution in [-0.4, -0.2) is 25.8 Å². The second-order valence-corrected chi connectivity index (χ2v) is 6.86. The number of rotatable bonds is 5. The maximum Gasteiger partial charge on any atom is 0.248 e. The molecule has 1 aliphatic rings. The van der Waals surface area contributed by atoms with Crippen LogP contribution in [-0.2, 0) is 6.61 Å². The van der Waals surface area contributed by atoms with Crippen molar-refractivity contribution in [1.29, 1.82) is 0 Å². The van der Waals surface area contributed by atoms with Gasteiger partial charge in [-0.1, -0.05) is 31.4 Å². The van der Waals surface area contributed by atoms with Crippen molar-refractivity contribution >= 4 is 5.91 Å². The highest BCUT2D eigenvalue weighted by molar-refractivity contribution is 5.93. The minimum Gasteiger partial charge on any atom is -0.455 e. The average molecular weight is 366 g/mol. The van der Waals surface area contributed by atoms with Gasteiger partial charge in [-0.25, -0.2) is 9.67 Å². The number of hydrogen-bond acceptors (Lipinski definition) is 5. The zero-order chi connectivity index (χ0) is 18.8. The van der Waals surface area contributed by atoms with Crippen molar-refractivity contribution in [3.63, 3.8) is 0 Å². The highest BCUT2D eigenvalue weighted by atomic mass is 16.4. The Kier molecular flexibility index (Phi) is 4.77. The molecular weight excluding hydrogens is 344 g/mol. The van der Waals surface area contributed by atoms with Gasteiger partial charge in [-0.2, -0.15) is 5.10 Å². The number of nitrogens with zero attached hydrogens (tertiary/aromatic N) is 3. The number of benzene rings is 1. The lowest BCUT2D eigenvalue weighted by Crippen LogP contribution is -2.15. The molecule has 0 atom stereocenters. The number of carbonyl (C=O) groups excluding carboxylic acids is 1. The molecule has 3 aromatic rings. The van der Waals surface area contributed by atoms with Crippen LogP contribution in [0.5, 0.6) is 0 Å². The highest BCUT2D eigenvalue weighted by Gasteiger charge is 2.24. The van der Waals surface area contributed by atoms with Crippen LogP contribution in [0.1, 0.15) is 54.3 Å². The Hall–Kier alpha value is -2.93. The van der Waals surface area contributed by atoms with Gasteiger partial charge in [-0.05, 0) is 37.1 Å². The molecule has 0 unspecified atom stereocenters. The topological polar surface area (TPSA) is 107 Å². The predicted molar refractivity (Wildman–Crippen MR) is 99.7 cm³/mol. The largest absolute Gasteiger partial charge is 0.455 e. The molecular formula is C20H22N4O3. The summed E-state index contributed by atoms with van der Waals surface area (Å²) >= 11 is 0. The van der Waals surface area contributed by atoms with Crippen molar-refractivity contribution in [2.75, 3.05) is 0 Å². The average Bonchev–Trinajstić information content (AvgIpc) is 3.35. The fourth-order valence-corrected chi connectivity index (χ4v) is 3.56. The van der Waals surface area contributed by atoms with Crippen LogP contribution in [0.3, 0.4) is 0 Å². The van der Waals surface area contributed by atoms with Crippen molar-refractivity contribution in [2.24, 2.45) is 5.73 Å². The molecule has 3 N–H and O–H groups in total. The molecule has 0 bridgehead atoms. The van der Waals surface area contributed by atoms with E-state index < -0.39 is 5.91 Å². The molecule has 2 heterocycles. The van der Waals surface area contributed by atoms with E-state index in [-0.39, 0.29) is 12.6 Å². The first-order chi connectivity index (χ1) is 13.2. The number of amides is 1. The van der Waals surface area contributed by atoms with Gasteiger partial charge in [-0.3, -0.25) is 4.79 Å². The van der Waals surface area contributed by atoms with E-state index in [0.29, 0.717) is 28.7 Å². The number of hydrogen-bond donors (Lipinski definition) is 2. The van der Waals surface area contributed by atoms with Gasteiger partial charge in [-0.15, -0.1) is 0 Å². The summed E-state index contributed by atoms with van der Waals surface area (Å²) in [5.41, 5.74) is 6.57. The quantitative estimate of drug-likeness (QED) is 0.720. The van der Waals surface area contributed by atoms with E-state index in [1.807, 2.05) is 10.7 Å². The van der Waals surface area contributed by atoms with Crippen LogP contribution in [0.25, 0.3) is 23.0 Å². The lowest BCUT2D eigenvalue weighted by atomic mass is 9.95. The van der Waals surface area contributed by atoms with Gasteiger partial charge in [0, 0.05) is 11.1 Å². The maximum atomic E-state index is 11.3. The summed E-state index contributed by atoms with van der Waals surface area (Å²) in [5.74, 6) is 1.87. The summed E-state index contributed by atoms with van der Waals surface area (Å²) in [4.78, 5) is 16.0. The molecule has 27 heavy (non-hydrogen) atoms. The Bertz CT molecular complexity index is 937. The molecule has 1 fully saturated rings. The number of carbonyl (C=O) groups is 1. The van der Waals surface area contributed by atoms with E-state index >= 15 is 0 Å². The lowest BCUT2D eigenvalue weighted by Gasteiger charge is -2.22. The van der Waals surface area contributed by atoms with E-state index in [1.54, 1.807) is 30.3 Å². The number of primary amides is 1. The van der Waals surface area contributed by atoms with Crippen molar-refractivity contribution in [1.82, 2.24) is 14.8 Å². The molecule has 7 heteroatoms. The first kappa shape index (κ1) is 17.5. The van der Waals surface area contributed by atoms with Gasteiger partial charge >= 0.3 is 0 Å². The molecule has 1 aliphatic carbocycles. The number of nitrogens with two attached hydrogens (primary N) is 1. The standard InChI is InChI=1S/C20H22N4O3/c21-18(26)13-6-8-14(9-7-13)19-22-20(17-11-10-16(12-25)27-17)24(23-19)15-4-2-1-3-5-15/h6-11,15,25H,1-5,12H2,(H2,21,26). The summed E-state index contributed by atoms with van der Waals surface area (Å²) in [6, 6.07) is 10.8. The van der Waals surface area contributed by atoms with Crippen LogP contribution >= 0.6 is 0 Å². The van der Waals surface area contributed by atoms with Crippen LogP contribution in [0.4, 0.5) is 0 Å². The third kappa shape index (κ3) is 3.50.